The lowest BCUT2D eigenvalue weighted by Gasteiger charge is -2.28. The van der Waals surface area contributed by atoms with E-state index in [2.05, 4.69) is 24.4 Å². The summed E-state index contributed by atoms with van der Waals surface area (Å²) >= 11 is 12.1. The molecule has 0 spiro atoms. The van der Waals surface area contributed by atoms with Crippen molar-refractivity contribution in [1.29, 1.82) is 0 Å². The fourth-order valence-electron chi connectivity index (χ4n) is 4.95. The zero-order valence-electron chi connectivity index (χ0n) is 23.5. The normalized spacial score (nSPS) is 15.5. The van der Waals surface area contributed by atoms with E-state index in [1.54, 1.807) is 12.1 Å². The molecule has 8 heteroatoms. The van der Waals surface area contributed by atoms with Gasteiger partial charge in [0.05, 0.1) is 17.2 Å². The second kappa shape index (κ2) is 14.0. The zero-order chi connectivity index (χ0) is 29.5. The minimum absolute atomic E-state index is 0.0287. The zero-order valence-corrected chi connectivity index (χ0v) is 25.0. The van der Waals surface area contributed by atoms with Gasteiger partial charge in [-0.25, -0.2) is 0 Å². The Kier molecular flexibility index (Phi) is 9.90. The highest BCUT2D eigenvalue weighted by Crippen LogP contribution is 2.37. The van der Waals surface area contributed by atoms with Crippen LogP contribution in [-0.2, 0) is 22.6 Å². The molecule has 1 aliphatic rings. The average molecular weight is 607 g/mol. The van der Waals surface area contributed by atoms with Crippen LogP contribution in [0.3, 0.4) is 0 Å². The van der Waals surface area contributed by atoms with Crippen molar-refractivity contribution in [3.05, 3.63) is 123 Å². The van der Waals surface area contributed by atoms with E-state index in [9.17, 15) is 4.79 Å². The Morgan fingerprint density at radius 2 is 1.69 bits per heavy atom. The van der Waals surface area contributed by atoms with Gasteiger partial charge in [0.1, 0.15) is 25.0 Å². The molecule has 0 radical (unpaired) electrons. The fraction of sp³-hybridized carbons (Fsp3) is 0.265. The first-order chi connectivity index (χ1) is 20.4. The van der Waals surface area contributed by atoms with E-state index < -0.39 is 6.04 Å². The van der Waals surface area contributed by atoms with Crippen LogP contribution in [0, 0.1) is 0 Å². The maximum Gasteiger partial charge on any atom is 0.323 e. The standard InChI is InChI=1S/C34H33Cl2NO5/c1-3-29(24-7-5-4-6-8-24)37-30(34(38)39-2)18-22-10-16-31-32(19-22)41-21-33(42-31)25-11-13-26(14-12-25)40-20-23-9-15-27(35)28(36)17-23/h4-17,19,29-30,33,37H,3,18,20-21H2,1-2H3/t29-,30+,33-/m1/s1. The Bertz CT molecular complexity index is 1500. The number of carbonyl (C=O) groups is 1. The number of hydrogen-bond donors (Lipinski definition) is 1. The highest BCUT2D eigenvalue weighted by molar-refractivity contribution is 6.42. The maximum absolute atomic E-state index is 12.7. The molecule has 5 rings (SSSR count). The quantitative estimate of drug-likeness (QED) is 0.175. The lowest BCUT2D eigenvalue weighted by atomic mass is 10.00. The molecule has 0 saturated heterocycles. The first kappa shape index (κ1) is 29.8. The number of esters is 1. The van der Waals surface area contributed by atoms with Gasteiger partial charge in [0, 0.05) is 6.04 Å². The van der Waals surface area contributed by atoms with Gasteiger partial charge in [0.15, 0.2) is 17.6 Å². The van der Waals surface area contributed by atoms with E-state index in [1.807, 2.05) is 66.7 Å². The molecule has 6 nitrogen and oxygen atoms in total. The molecule has 0 unspecified atom stereocenters. The highest BCUT2D eigenvalue weighted by atomic mass is 35.5. The van der Waals surface area contributed by atoms with E-state index in [-0.39, 0.29) is 18.1 Å². The van der Waals surface area contributed by atoms with E-state index in [0.717, 1.165) is 34.4 Å². The number of nitrogens with one attached hydrogen (secondary N) is 1. The van der Waals surface area contributed by atoms with Crippen molar-refractivity contribution < 1.29 is 23.7 Å². The summed E-state index contributed by atoms with van der Waals surface area (Å²) in [4.78, 5) is 12.7. The first-order valence-corrected chi connectivity index (χ1v) is 14.7. The molecule has 1 heterocycles. The number of halogens is 2. The Morgan fingerprint density at radius 3 is 2.40 bits per heavy atom. The van der Waals surface area contributed by atoms with Crippen molar-refractivity contribution in [1.82, 2.24) is 5.32 Å². The summed E-state index contributed by atoms with van der Waals surface area (Å²) in [7, 11) is 1.42. The summed E-state index contributed by atoms with van der Waals surface area (Å²) in [5, 5.41) is 4.51. The fourth-order valence-corrected chi connectivity index (χ4v) is 5.27. The third-order valence-electron chi connectivity index (χ3n) is 7.25. The van der Waals surface area contributed by atoms with Crippen molar-refractivity contribution >= 4 is 29.2 Å². The Balaban J connectivity index is 1.20. The van der Waals surface area contributed by atoms with Gasteiger partial charge < -0.3 is 18.9 Å². The van der Waals surface area contributed by atoms with Gasteiger partial charge in [-0.15, -0.1) is 0 Å². The average Bonchev–Trinajstić information content (AvgIpc) is 3.03. The molecule has 0 bridgehead atoms. The predicted molar refractivity (Wildman–Crippen MR) is 165 cm³/mol. The number of hydrogen-bond acceptors (Lipinski definition) is 6. The number of methoxy groups -OCH3 is 1. The topological polar surface area (TPSA) is 66.0 Å². The second-order valence-corrected chi connectivity index (χ2v) is 10.9. The molecular weight excluding hydrogens is 573 g/mol. The summed E-state index contributed by atoms with van der Waals surface area (Å²) in [5.41, 5.74) is 4.00. The number of carbonyl (C=O) groups excluding carboxylic acids is 1. The van der Waals surface area contributed by atoms with E-state index >= 15 is 0 Å². The van der Waals surface area contributed by atoms with Crippen LogP contribution in [0.1, 0.15) is 47.7 Å². The van der Waals surface area contributed by atoms with Crippen molar-refractivity contribution in [2.75, 3.05) is 13.7 Å². The summed E-state index contributed by atoms with van der Waals surface area (Å²) in [6.45, 7) is 2.84. The lowest BCUT2D eigenvalue weighted by molar-refractivity contribution is -0.143. The molecule has 3 atom stereocenters. The van der Waals surface area contributed by atoms with Crippen LogP contribution in [0.15, 0.2) is 91.0 Å². The highest BCUT2D eigenvalue weighted by Gasteiger charge is 2.26. The number of fused-ring (bicyclic) bond motifs is 1. The third-order valence-corrected chi connectivity index (χ3v) is 7.99. The third kappa shape index (κ3) is 7.37. The molecule has 0 aromatic heterocycles. The second-order valence-electron chi connectivity index (χ2n) is 10.1. The molecule has 0 aliphatic carbocycles. The van der Waals surface area contributed by atoms with Crippen LogP contribution >= 0.6 is 23.2 Å². The Hall–Kier alpha value is -3.71. The molecule has 42 heavy (non-hydrogen) atoms. The molecule has 1 aliphatic heterocycles. The summed E-state index contributed by atoms with van der Waals surface area (Å²) in [5.74, 6) is 1.75. The SMILES string of the molecule is CC[C@@H](N[C@@H](Cc1ccc2c(c1)OC[C@H](c1ccc(OCc3ccc(Cl)c(Cl)c3)cc1)O2)C(=O)OC)c1ccccc1. The van der Waals surface area contributed by atoms with Crippen molar-refractivity contribution in [2.45, 2.75) is 44.6 Å². The van der Waals surface area contributed by atoms with Crippen LogP contribution in [0.4, 0.5) is 0 Å². The van der Waals surface area contributed by atoms with Crippen LogP contribution in [0.5, 0.6) is 17.2 Å². The van der Waals surface area contributed by atoms with Gasteiger partial charge in [0.2, 0.25) is 0 Å². The van der Waals surface area contributed by atoms with Crippen LogP contribution in [-0.4, -0.2) is 25.7 Å². The largest absolute Gasteiger partial charge is 0.489 e. The van der Waals surface area contributed by atoms with E-state index in [4.69, 9.17) is 42.1 Å². The van der Waals surface area contributed by atoms with Crippen molar-refractivity contribution in [3.8, 4) is 17.2 Å². The minimum Gasteiger partial charge on any atom is -0.489 e. The lowest BCUT2D eigenvalue weighted by Crippen LogP contribution is -2.41. The number of ether oxygens (including phenoxy) is 4. The van der Waals surface area contributed by atoms with Gasteiger partial charge in [-0.2, -0.15) is 0 Å². The van der Waals surface area contributed by atoms with Crippen LogP contribution < -0.4 is 19.5 Å². The smallest absolute Gasteiger partial charge is 0.323 e. The summed E-state index contributed by atoms with van der Waals surface area (Å²) in [6, 6.07) is 28.6. The molecule has 4 aromatic carbocycles. The van der Waals surface area contributed by atoms with Crippen LogP contribution in [0.2, 0.25) is 10.0 Å². The summed E-state index contributed by atoms with van der Waals surface area (Å²) < 4.78 is 23.4. The molecule has 0 fully saturated rings. The van der Waals surface area contributed by atoms with Crippen LogP contribution in [0.25, 0.3) is 0 Å². The molecule has 218 valence electrons. The number of benzene rings is 4. The predicted octanol–water partition coefficient (Wildman–Crippen LogP) is 7.91. The number of rotatable bonds is 11. The Morgan fingerprint density at radius 1 is 0.929 bits per heavy atom. The van der Waals surface area contributed by atoms with Gasteiger partial charge in [-0.1, -0.05) is 84.7 Å². The van der Waals surface area contributed by atoms with E-state index in [1.165, 1.54) is 7.11 Å². The van der Waals surface area contributed by atoms with Gasteiger partial charge in [0.25, 0.3) is 0 Å². The van der Waals surface area contributed by atoms with Gasteiger partial charge in [-0.3, -0.25) is 10.1 Å². The molecule has 0 amide bonds. The van der Waals surface area contributed by atoms with Crippen molar-refractivity contribution in [2.24, 2.45) is 0 Å². The summed E-state index contributed by atoms with van der Waals surface area (Å²) in [6.07, 6.45) is 1.04. The minimum atomic E-state index is -0.507. The maximum atomic E-state index is 12.7. The van der Waals surface area contributed by atoms with E-state index in [0.29, 0.717) is 41.2 Å². The first-order valence-electron chi connectivity index (χ1n) is 13.9. The van der Waals surface area contributed by atoms with Crippen molar-refractivity contribution in [3.63, 3.8) is 0 Å². The Labute approximate surface area is 256 Å². The molecule has 1 N–H and O–H groups in total. The molecule has 4 aromatic rings. The monoisotopic (exact) mass is 605 g/mol. The van der Waals surface area contributed by atoms with Gasteiger partial charge >= 0.3 is 5.97 Å². The molecular formula is C34H33Cl2NO5. The molecule has 0 saturated carbocycles. The van der Waals surface area contributed by atoms with Gasteiger partial charge in [-0.05, 0) is 71.5 Å².